The number of aliphatic hydroxyl groups excluding tert-OH is 1. The summed E-state index contributed by atoms with van der Waals surface area (Å²) in [6.07, 6.45) is 0. The van der Waals surface area contributed by atoms with Gasteiger partial charge in [-0.05, 0) is 13.0 Å². The monoisotopic (exact) mass is 242 g/mol. The predicted octanol–water partition coefficient (Wildman–Crippen LogP) is 1.68. The Bertz CT molecular complexity index is 733. The molecule has 18 heavy (non-hydrogen) atoms. The van der Waals surface area contributed by atoms with Crippen molar-refractivity contribution in [1.29, 1.82) is 0 Å². The van der Waals surface area contributed by atoms with E-state index in [-0.39, 0.29) is 6.61 Å². The Labute approximate surface area is 104 Å². The topological polar surface area (TPSA) is 77.0 Å². The highest BCUT2D eigenvalue weighted by atomic mass is 16.3. The van der Waals surface area contributed by atoms with Gasteiger partial charge in [-0.3, -0.25) is 4.68 Å². The predicted molar refractivity (Wildman–Crippen MR) is 71.0 cm³/mol. The minimum absolute atomic E-state index is 0.0578. The molecule has 0 aliphatic heterocycles. The SMILES string of the molecule is CCn1nc2c(N)nc3ccccc3c2c1CO. The highest BCUT2D eigenvalue weighted by molar-refractivity contribution is 6.09. The van der Waals surface area contributed by atoms with Crippen LogP contribution in [0.2, 0.25) is 0 Å². The second-order valence-electron chi connectivity index (χ2n) is 4.16. The fraction of sp³-hybridized carbons (Fsp3) is 0.231. The zero-order chi connectivity index (χ0) is 12.7. The number of anilines is 1. The Balaban J connectivity index is 2.56. The molecule has 0 saturated carbocycles. The van der Waals surface area contributed by atoms with Crippen LogP contribution in [0.1, 0.15) is 12.6 Å². The molecule has 0 atom stereocenters. The van der Waals surface area contributed by atoms with E-state index < -0.39 is 0 Å². The molecule has 1 aromatic carbocycles. The smallest absolute Gasteiger partial charge is 0.152 e. The van der Waals surface area contributed by atoms with Crippen LogP contribution in [-0.2, 0) is 13.2 Å². The number of nitrogens with two attached hydrogens (primary N) is 1. The molecule has 3 N–H and O–H groups in total. The summed E-state index contributed by atoms with van der Waals surface area (Å²) in [4.78, 5) is 4.35. The Morgan fingerprint density at radius 3 is 2.83 bits per heavy atom. The lowest BCUT2D eigenvalue weighted by Crippen LogP contribution is -2.02. The third-order valence-corrected chi connectivity index (χ3v) is 3.16. The first-order chi connectivity index (χ1) is 8.76. The number of para-hydroxylation sites is 1. The zero-order valence-electron chi connectivity index (χ0n) is 10.1. The number of aromatic nitrogens is 3. The average molecular weight is 242 g/mol. The molecule has 0 aliphatic carbocycles. The Kier molecular flexibility index (Phi) is 2.41. The molecule has 0 fully saturated rings. The third kappa shape index (κ3) is 1.37. The molecule has 2 aromatic heterocycles. The summed E-state index contributed by atoms with van der Waals surface area (Å²) in [5.74, 6) is 0.408. The van der Waals surface area contributed by atoms with Gasteiger partial charge in [-0.2, -0.15) is 5.10 Å². The summed E-state index contributed by atoms with van der Waals surface area (Å²) in [6.45, 7) is 2.62. The van der Waals surface area contributed by atoms with Gasteiger partial charge in [0.1, 0.15) is 5.52 Å². The quantitative estimate of drug-likeness (QED) is 0.716. The molecule has 0 spiro atoms. The molecule has 0 aliphatic rings. The largest absolute Gasteiger partial charge is 0.390 e. The minimum atomic E-state index is -0.0578. The van der Waals surface area contributed by atoms with Crippen LogP contribution in [0.25, 0.3) is 21.8 Å². The van der Waals surface area contributed by atoms with E-state index in [2.05, 4.69) is 10.1 Å². The van der Waals surface area contributed by atoms with Crippen LogP contribution in [0.4, 0.5) is 5.82 Å². The number of hydrogen-bond donors (Lipinski definition) is 2. The number of hydrogen-bond acceptors (Lipinski definition) is 4. The molecule has 0 radical (unpaired) electrons. The van der Waals surface area contributed by atoms with Crippen LogP contribution in [0.5, 0.6) is 0 Å². The van der Waals surface area contributed by atoms with Gasteiger partial charge in [0.15, 0.2) is 5.82 Å². The highest BCUT2D eigenvalue weighted by Crippen LogP contribution is 2.30. The lowest BCUT2D eigenvalue weighted by Gasteiger charge is -2.03. The zero-order valence-corrected chi connectivity index (χ0v) is 10.1. The van der Waals surface area contributed by atoms with E-state index in [0.717, 1.165) is 22.0 Å². The standard InChI is InChI=1S/C13H14N4O/c1-2-17-10(7-18)11-8-5-3-4-6-9(8)15-13(14)12(11)16-17/h3-6,18H,2,7H2,1H3,(H2,14,15). The fourth-order valence-electron chi connectivity index (χ4n) is 2.35. The van der Waals surface area contributed by atoms with Crippen LogP contribution >= 0.6 is 0 Å². The van der Waals surface area contributed by atoms with Crippen LogP contribution in [0.3, 0.4) is 0 Å². The van der Waals surface area contributed by atoms with Crippen molar-refractivity contribution in [3.63, 3.8) is 0 Å². The van der Waals surface area contributed by atoms with Crippen LogP contribution in [0, 0.1) is 0 Å². The van der Waals surface area contributed by atoms with Crippen molar-refractivity contribution in [3.8, 4) is 0 Å². The Hall–Kier alpha value is -2.14. The fourth-order valence-corrected chi connectivity index (χ4v) is 2.35. The van der Waals surface area contributed by atoms with E-state index in [1.165, 1.54) is 0 Å². The molecule has 0 unspecified atom stereocenters. The molecule has 3 aromatic rings. The van der Waals surface area contributed by atoms with E-state index in [4.69, 9.17) is 5.73 Å². The van der Waals surface area contributed by atoms with Gasteiger partial charge in [0.2, 0.25) is 0 Å². The van der Waals surface area contributed by atoms with Crippen molar-refractivity contribution in [2.24, 2.45) is 0 Å². The van der Waals surface area contributed by atoms with E-state index in [1.54, 1.807) is 4.68 Å². The van der Waals surface area contributed by atoms with Gasteiger partial charge in [0.25, 0.3) is 0 Å². The lowest BCUT2D eigenvalue weighted by atomic mass is 10.1. The van der Waals surface area contributed by atoms with Crippen LogP contribution in [0.15, 0.2) is 24.3 Å². The second-order valence-corrected chi connectivity index (χ2v) is 4.16. The van der Waals surface area contributed by atoms with E-state index in [0.29, 0.717) is 17.9 Å². The van der Waals surface area contributed by atoms with Crippen molar-refractivity contribution in [2.45, 2.75) is 20.1 Å². The Morgan fingerprint density at radius 2 is 2.11 bits per heavy atom. The second kappa shape index (κ2) is 3.96. The maximum Gasteiger partial charge on any atom is 0.152 e. The van der Waals surface area contributed by atoms with Crippen molar-refractivity contribution in [1.82, 2.24) is 14.8 Å². The molecule has 5 nitrogen and oxygen atoms in total. The number of aryl methyl sites for hydroxylation is 1. The van der Waals surface area contributed by atoms with E-state index in [9.17, 15) is 5.11 Å². The van der Waals surface area contributed by atoms with Gasteiger partial charge < -0.3 is 10.8 Å². The average Bonchev–Trinajstić information content (AvgIpc) is 2.78. The first kappa shape index (κ1) is 11.0. The van der Waals surface area contributed by atoms with Gasteiger partial charge >= 0.3 is 0 Å². The van der Waals surface area contributed by atoms with Crippen molar-refractivity contribution in [3.05, 3.63) is 30.0 Å². The van der Waals surface area contributed by atoms with Crippen molar-refractivity contribution < 1.29 is 5.11 Å². The third-order valence-electron chi connectivity index (χ3n) is 3.16. The highest BCUT2D eigenvalue weighted by Gasteiger charge is 2.15. The van der Waals surface area contributed by atoms with Gasteiger partial charge in [0.05, 0.1) is 17.8 Å². The number of aliphatic hydroxyl groups is 1. The first-order valence-corrected chi connectivity index (χ1v) is 5.90. The normalized spacial score (nSPS) is 11.4. The molecule has 3 rings (SSSR count). The van der Waals surface area contributed by atoms with Gasteiger partial charge in [-0.1, -0.05) is 18.2 Å². The molecule has 2 heterocycles. The molecule has 0 amide bonds. The summed E-state index contributed by atoms with van der Waals surface area (Å²) in [5, 5.41) is 15.9. The Morgan fingerprint density at radius 1 is 1.33 bits per heavy atom. The summed E-state index contributed by atoms with van der Waals surface area (Å²) in [5.41, 5.74) is 8.23. The lowest BCUT2D eigenvalue weighted by molar-refractivity contribution is 0.270. The van der Waals surface area contributed by atoms with Gasteiger partial charge in [-0.25, -0.2) is 4.98 Å². The number of benzene rings is 1. The van der Waals surface area contributed by atoms with E-state index >= 15 is 0 Å². The van der Waals surface area contributed by atoms with Crippen molar-refractivity contribution >= 4 is 27.6 Å². The molecule has 5 heteroatoms. The molecular formula is C13H14N4O. The summed E-state index contributed by atoms with van der Waals surface area (Å²) in [6, 6.07) is 7.76. The molecular weight excluding hydrogens is 228 g/mol. The van der Waals surface area contributed by atoms with Crippen LogP contribution < -0.4 is 5.73 Å². The molecule has 0 bridgehead atoms. The summed E-state index contributed by atoms with van der Waals surface area (Å²) >= 11 is 0. The summed E-state index contributed by atoms with van der Waals surface area (Å²) in [7, 11) is 0. The maximum absolute atomic E-state index is 9.56. The van der Waals surface area contributed by atoms with E-state index in [1.807, 2.05) is 31.2 Å². The van der Waals surface area contributed by atoms with Gasteiger partial charge in [-0.15, -0.1) is 0 Å². The maximum atomic E-state index is 9.56. The number of nitrogens with zero attached hydrogens (tertiary/aromatic N) is 3. The minimum Gasteiger partial charge on any atom is -0.390 e. The number of rotatable bonds is 2. The van der Waals surface area contributed by atoms with Crippen molar-refractivity contribution in [2.75, 3.05) is 5.73 Å². The van der Waals surface area contributed by atoms with Gasteiger partial charge in [0, 0.05) is 17.3 Å². The first-order valence-electron chi connectivity index (χ1n) is 5.90. The van der Waals surface area contributed by atoms with Crippen LogP contribution in [-0.4, -0.2) is 19.9 Å². The number of nitrogen functional groups attached to an aromatic ring is 1. The summed E-state index contributed by atoms with van der Waals surface area (Å²) < 4.78 is 1.77. The molecule has 92 valence electrons. The number of pyridine rings is 1. The number of fused-ring (bicyclic) bond motifs is 3. The molecule has 0 saturated heterocycles.